The first-order chi connectivity index (χ1) is 16.2. The molecule has 1 N–H and O–H groups in total. The molecule has 0 atom stereocenters. The van der Waals surface area contributed by atoms with Crippen LogP contribution in [-0.4, -0.2) is 34.5 Å². The van der Waals surface area contributed by atoms with Crippen molar-refractivity contribution in [1.82, 2.24) is 18.7 Å². The predicted octanol–water partition coefficient (Wildman–Crippen LogP) is 3.59. The first-order valence-corrected chi connectivity index (χ1v) is 11.8. The summed E-state index contributed by atoms with van der Waals surface area (Å²) in [6, 6.07) is 6.23. The zero-order valence-corrected chi connectivity index (χ0v) is 20.5. The highest BCUT2D eigenvalue weighted by atomic mass is 127. The molecule has 0 fully saturated rings. The number of aromatic nitrogens is 4. The summed E-state index contributed by atoms with van der Waals surface area (Å²) < 4.78 is 32.9. The Morgan fingerprint density at radius 2 is 2.00 bits per heavy atom. The quantitative estimate of drug-likeness (QED) is 0.323. The van der Waals surface area contributed by atoms with Crippen molar-refractivity contribution in [2.24, 2.45) is 7.05 Å². The van der Waals surface area contributed by atoms with Crippen molar-refractivity contribution in [1.29, 1.82) is 0 Å². The number of aliphatic hydroxyl groups excluding tert-OH is 1. The van der Waals surface area contributed by atoms with Crippen LogP contribution in [0.3, 0.4) is 0 Å². The molecule has 0 radical (unpaired) electrons. The number of rotatable bonds is 8. The molecule has 1 aliphatic carbocycles. The number of alkyl halides is 3. The van der Waals surface area contributed by atoms with E-state index in [0.717, 1.165) is 45.6 Å². The molecule has 2 aromatic heterocycles. The standard InChI is InChI=1S/C23H23F2IN4O4/c1-28-20-18(21(32)29(22(28)33)12-7-13-31)30(14-15-8-3-2-4-9-15)19(27-20)16-10-5-6-11-17(16)34-23(24,25)26/h2-3,5-6,8,10-11,31H,4,7,9,12-14H2,1H3. The van der Waals surface area contributed by atoms with E-state index in [-0.39, 0.29) is 47.9 Å². The maximum absolute atomic E-state index is 13.7. The molecule has 0 aliphatic heterocycles. The molecule has 0 amide bonds. The number of imidazole rings is 1. The van der Waals surface area contributed by atoms with Crippen molar-refractivity contribution in [2.75, 3.05) is 6.61 Å². The van der Waals surface area contributed by atoms with E-state index in [0.29, 0.717) is 6.54 Å². The second-order valence-corrected chi connectivity index (χ2v) is 9.16. The summed E-state index contributed by atoms with van der Waals surface area (Å²) in [4.78, 5) is 30.9. The minimum atomic E-state index is -3.45. The van der Waals surface area contributed by atoms with Crippen LogP contribution in [-0.2, 0) is 20.1 Å². The fourth-order valence-electron chi connectivity index (χ4n) is 4.01. The molecule has 180 valence electrons. The second kappa shape index (κ2) is 9.82. The molecule has 0 bridgehead atoms. The Bertz CT molecular complexity index is 1400. The third kappa shape index (κ3) is 4.85. The van der Waals surface area contributed by atoms with Gasteiger partial charge in [0, 0.05) is 26.7 Å². The fraction of sp³-hybridized carbons (Fsp3) is 0.348. The SMILES string of the molecule is Cn1c(=O)n(CCCO)c(=O)c2c1nc(-c1ccccc1OC(F)(F)I)n2CC1=CC=CCC1. The minimum absolute atomic E-state index is 0.0463. The van der Waals surface area contributed by atoms with E-state index in [2.05, 4.69) is 4.98 Å². The molecule has 0 saturated carbocycles. The number of ether oxygens (including phenoxy) is 1. The van der Waals surface area contributed by atoms with Gasteiger partial charge in [-0.05, 0) is 31.4 Å². The van der Waals surface area contributed by atoms with Gasteiger partial charge in [-0.15, -0.1) is 0 Å². The number of nitrogens with zero attached hydrogens (tertiary/aromatic N) is 4. The van der Waals surface area contributed by atoms with Crippen molar-refractivity contribution in [3.05, 3.63) is 68.9 Å². The van der Waals surface area contributed by atoms with Gasteiger partial charge in [0.05, 0.1) is 28.2 Å². The first-order valence-electron chi connectivity index (χ1n) is 10.7. The molecule has 3 aromatic rings. The Labute approximate surface area is 206 Å². The van der Waals surface area contributed by atoms with Gasteiger partial charge >= 0.3 is 9.81 Å². The monoisotopic (exact) mass is 584 g/mol. The van der Waals surface area contributed by atoms with Gasteiger partial charge in [0.25, 0.3) is 5.56 Å². The van der Waals surface area contributed by atoms with Gasteiger partial charge in [0.1, 0.15) is 11.6 Å². The van der Waals surface area contributed by atoms with Gasteiger partial charge in [0.15, 0.2) is 11.2 Å². The van der Waals surface area contributed by atoms with Crippen LogP contribution < -0.4 is 16.0 Å². The van der Waals surface area contributed by atoms with E-state index in [1.165, 1.54) is 17.7 Å². The Morgan fingerprint density at radius 3 is 2.68 bits per heavy atom. The number of halogens is 3. The second-order valence-electron chi connectivity index (χ2n) is 7.91. The summed E-state index contributed by atoms with van der Waals surface area (Å²) in [6.07, 6.45) is 7.76. The van der Waals surface area contributed by atoms with Gasteiger partial charge in [-0.2, -0.15) is 8.78 Å². The van der Waals surface area contributed by atoms with Gasteiger partial charge in [0.2, 0.25) is 0 Å². The lowest BCUT2D eigenvalue weighted by molar-refractivity contribution is -0.0688. The molecule has 11 heteroatoms. The summed E-state index contributed by atoms with van der Waals surface area (Å²) >= 11 is 0.897. The van der Waals surface area contributed by atoms with Crippen molar-refractivity contribution >= 4 is 33.8 Å². The van der Waals surface area contributed by atoms with Crippen molar-refractivity contribution in [2.45, 2.75) is 36.5 Å². The van der Waals surface area contributed by atoms with Gasteiger partial charge < -0.3 is 14.4 Å². The van der Waals surface area contributed by atoms with Crippen LogP contribution in [0.2, 0.25) is 0 Å². The zero-order valence-electron chi connectivity index (χ0n) is 18.4. The van der Waals surface area contributed by atoms with Gasteiger partial charge in [-0.3, -0.25) is 13.9 Å². The van der Waals surface area contributed by atoms with Crippen LogP contribution in [0.15, 0.2) is 57.7 Å². The van der Waals surface area contributed by atoms with Crippen LogP contribution in [0.5, 0.6) is 5.75 Å². The summed E-state index contributed by atoms with van der Waals surface area (Å²) in [5.74, 6) is 0.148. The predicted molar refractivity (Wildman–Crippen MR) is 132 cm³/mol. The molecule has 0 saturated heterocycles. The van der Waals surface area contributed by atoms with Crippen molar-refractivity contribution in [3.63, 3.8) is 0 Å². The third-order valence-corrected chi connectivity index (χ3v) is 5.81. The number of aryl methyl sites for hydroxylation is 1. The Kier molecular flexibility index (Phi) is 7.03. The van der Waals surface area contributed by atoms with E-state index in [9.17, 15) is 23.5 Å². The molecule has 34 heavy (non-hydrogen) atoms. The molecule has 2 heterocycles. The normalized spacial score (nSPS) is 14.0. The molecular weight excluding hydrogens is 561 g/mol. The Balaban J connectivity index is 2.02. The topological polar surface area (TPSA) is 91.3 Å². The lowest BCUT2D eigenvalue weighted by Gasteiger charge is -2.17. The molecular formula is C23H23F2IN4O4. The summed E-state index contributed by atoms with van der Waals surface area (Å²) in [5, 5.41) is 9.21. The number of para-hydroxylation sites is 1. The average Bonchev–Trinajstić information content (AvgIpc) is 3.17. The van der Waals surface area contributed by atoms with E-state index >= 15 is 0 Å². The molecule has 0 spiro atoms. The average molecular weight is 584 g/mol. The van der Waals surface area contributed by atoms with Gasteiger partial charge in [-0.25, -0.2) is 9.78 Å². The van der Waals surface area contributed by atoms with Crippen LogP contribution in [0, 0.1) is 0 Å². The summed E-state index contributed by atoms with van der Waals surface area (Å²) in [6.45, 7) is 0.163. The highest BCUT2D eigenvalue weighted by Crippen LogP contribution is 2.36. The third-order valence-electron chi connectivity index (χ3n) is 5.59. The van der Waals surface area contributed by atoms with E-state index in [4.69, 9.17) is 4.74 Å². The van der Waals surface area contributed by atoms with Gasteiger partial charge in [-0.1, -0.05) is 35.9 Å². The highest BCUT2D eigenvalue weighted by molar-refractivity contribution is 14.1. The highest BCUT2D eigenvalue weighted by Gasteiger charge is 2.29. The van der Waals surface area contributed by atoms with Crippen LogP contribution in [0.1, 0.15) is 19.3 Å². The first kappa shape index (κ1) is 24.3. The maximum Gasteiger partial charge on any atom is 0.451 e. The number of hydrogen-bond acceptors (Lipinski definition) is 5. The molecule has 4 rings (SSSR count). The number of hydrogen-bond donors (Lipinski definition) is 1. The number of benzene rings is 1. The van der Waals surface area contributed by atoms with Crippen molar-refractivity contribution in [3.8, 4) is 17.1 Å². The molecule has 1 aliphatic rings. The van der Waals surface area contributed by atoms with E-state index in [1.54, 1.807) is 22.8 Å². The molecule has 0 unspecified atom stereocenters. The fourth-order valence-corrected chi connectivity index (χ4v) is 4.25. The Hall–Kier alpha value is -2.80. The minimum Gasteiger partial charge on any atom is -0.424 e. The molecule has 8 nitrogen and oxygen atoms in total. The van der Waals surface area contributed by atoms with E-state index in [1.807, 2.05) is 18.2 Å². The summed E-state index contributed by atoms with van der Waals surface area (Å²) in [5.41, 5.74) is 0.515. The largest absolute Gasteiger partial charge is 0.451 e. The smallest absolute Gasteiger partial charge is 0.424 e. The number of allylic oxidation sites excluding steroid dienone is 4. The Morgan fingerprint density at radius 1 is 1.24 bits per heavy atom. The van der Waals surface area contributed by atoms with Crippen molar-refractivity contribution < 1.29 is 18.6 Å². The molecule has 1 aromatic carbocycles. The zero-order chi connectivity index (χ0) is 24.5. The number of fused-ring (bicyclic) bond motifs is 1. The lowest BCUT2D eigenvalue weighted by atomic mass is 10.0. The van der Waals surface area contributed by atoms with Crippen LogP contribution in [0.4, 0.5) is 8.78 Å². The lowest BCUT2D eigenvalue weighted by Crippen LogP contribution is -2.40. The summed E-state index contributed by atoms with van der Waals surface area (Å²) in [7, 11) is 1.50. The number of aliphatic hydroxyl groups is 1. The van der Waals surface area contributed by atoms with Crippen LogP contribution in [0.25, 0.3) is 22.6 Å². The van der Waals surface area contributed by atoms with Crippen LogP contribution >= 0.6 is 22.6 Å². The van der Waals surface area contributed by atoms with E-state index < -0.39 is 15.4 Å². The maximum atomic E-state index is 13.7.